The third-order valence-electron chi connectivity index (χ3n) is 12.4. The van der Waals surface area contributed by atoms with Gasteiger partial charge in [-0.2, -0.15) is 0 Å². The van der Waals surface area contributed by atoms with Gasteiger partial charge in [0, 0.05) is 30.9 Å². The standard InChI is InChI=1S/C30H42O10/c1-14-9-21(36-4)30(35)26(38-14)39-19-11-16-5-6-18-23(27(16,2)12-20(19)40-30)24(32)25(33)28(3)17(7-8-29(18,28)34)15-10-22(31)37-13-15/h10,14,16-21,23,25-26,33-35H,5-9,11-13H2,1-4H3/t14-,16-,17-,18-,19-,20-,21-,23+,25+,26+,27+,28+,29+,30+/m1/s1. The van der Waals surface area contributed by atoms with Crippen LogP contribution in [0.25, 0.3) is 0 Å². The number of carbonyl (C=O) groups excluding carboxylic acids is 2. The van der Waals surface area contributed by atoms with Crippen molar-refractivity contribution in [3.05, 3.63) is 11.6 Å². The maximum absolute atomic E-state index is 14.3. The van der Waals surface area contributed by atoms with Gasteiger partial charge in [-0.3, -0.25) is 4.79 Å². The molecule has 4 aliphatic carbocycles. The molecule has 0 spiro atoms. The number of esters is 1. The third-order valence-corrected chi connectivity index (χ3v) is 12.4. The summed E-state index contributed by atoms with van der Waals surface area (Å²) in [6.07, 6.45) is 1.61. The zero-order chi connectivity index (χ0) is 28.4. The van der Waals surface area contributed by atoms with Gasteiger partial charge in [-0.1, -0.05) is 13.8 Å². The van der Waals surface area contributed by atoms with Gasteiger partial charge < -0.3 is 39.0 Å². The summed E-state index contributed by atoms with van der Waals surface area (Å²) in [5, 5.41) is 35.8. The van der Waals surface area contributed by atoms with E-state index in [9.17, 15) is 24.9 Å². The Morgan fingerprint density at radius 3 is 2.52 bits per heavy atom. The van der Waals surface area contributed by atoms with E-state index in [1.807, 2.05) is 13.8 Å². The predicted molar refractivity (Wildman–Crippen MR) is 137 cm³/mol. The molecule has 10 nitrogen and oxygen atoms in total. The van der Waals surface area contributed by atoms with Crippen LogP contribution in [0.1, 0.15) is 65.7 Å². The number of ether oxygens (including phenoxy) is 5. The number of ketones is 1. The fraction of sp³-hybridized carbons (Fsp3) is 0.867. The molecule has 10 heteroatoms. The fourth-order valence-electron chi connectivity index (χ4n) is 10.4. The Morgan fingerprint density at radius 2 is 1.82 bits per heavy atom. The van der Waals surface area contributed by atoms with Crippen molar-refractivity contribution in [2.75, 3.05) is 13.7 Å². The van der Waals surface area contributed by atoms with Gasteiger partial charge in [0.25, 0.3) is 0 Å². The first-order valence-corrected chi connectivity index (χ1v) is 14.9. The number of rotatable bonds is 2. The van der Waals surface area contributed by atoms with Crippen molar-refractivity contribution in [2.24, 2.45) is 34.5 Å². The molecule has 40 heavy (non-hydrogen) atoms. The fourth-order valence-corrected chi connectivity index (χ4v) is 10.4. The molecule has 4 saturated carbocycles. The van der Waals surface area contributed by atoms with Crippen LogP contribution in [0.2, 0.25) is 0 Å². The smallest absolute Gasteiger partial charge is 0.331 e. The van der Waals surface area contributed by atoms with E-state index in [-0.39, 0.29) is 42.4 Å². The molecule has 0 aromatic carbocycles. The summed E-state index contributed by atoms with van der Waals surface area (Å²) in [6, 6.07) is 0. The number of Topliss-reactive ketones (excluding diaryl/α,β-unsaturated/α-hetero) is 1. The second-order valence-electron chi connectivity index (χ2n) is 14.1. The molecule has 0 aromatic heterocycles. The molecule has 0 bridgehead atoms. The Bertz CT molecular complexity index is 1140. The minimum absolute atomic E-state index is 0.119. The zero-order valence-corrected chi connectivity index (χ0v) is 23.7. The van der Waals surface area contributed by atoms with E-state index in [4.69, 9.17) is 23.7 Å². The molecule has 0 aromatic rings. The summed E-state index contributed by atoms with van der Waals surface area (Å²) in [5.41, 5.74) is -2.20. The van der Waals surface area contributed by atoms with Crippen molar-refractivity contribution in [3.63, 3.8) is 0 Å². The summed E-state index contributed by atoms with van der Waals surface area (Å²) >= 11 is 0. The number of hydrogen-bond donors (Lipinski definition) is 3. The SMILES string of the molecule is CO[C@@H]1C[C@@H](C)O[C@H]2O[C@@H]3C[C@H]4CC[C@@H]5[C@@H](C(=O)[C@H](O)[C@]6(C)[C@@H](C7=CC(=O)OC7)CC[C@]56O)[C@@]4(C)C[C@H]3O[C@]21O. The second-order valence-corrected chi connectivity index (χ2v) is 14.1. The van der Waals surface area contributed by atoms with Gasteiger partial charge >= 0.3 is 5.97 Å². The number of carbonyl (C=O) groups is 2. The highest BCUT2D eigenvalue weighted by Gasteiger charge is 2.74. The van der Waals surface area contributed by atoms with Crippen molar-refractivity contribution in [2.45, 2.75) is 114 Å². The third kappa shape index (κ3) is 3.35. The maximum atomic E-state index is 14.3. The molecule has 2 saturated heterocycles. The monoisotopic (exact) mass is 562 g/mol. The maximum Gasteiger partial charge on any atom is 0.331 e. The molecule has 7 rings (SSSR count). The van der Waals surface area contributed by atoms with E-state index in [2.05, 4.69) is 6.92 Å². The lowest BCUT2D eigenvalue weighted by Gasteiger charge is -2.65. The van der Waals surface area contributed by atoms with Gasteiger partial charge in [-0.05, 0) is 74.2 Å². The summed E-state index contributed by atoms with van der Waals surface area (Å²) < 4.78 is 29.5. The quantitative estimate of drug-likeness (QED) is 0.336. The molecule has 3 heterocycles. The van der Waals surface area contributed by atoms with E-state index in [0.29, 0.717) is 38.5 Å². The van der Waals surface area contributed by atoms with Crippen LogP contribution in [0, 0.1) is 34.5 Å². The molecule has 222 valence electrons. The number of methoxy groups -OCH3 is 1. The summed E-state index contributed by atoms with van der Waals surface area (Å²) in [5.74, 6) is -3.51. The molecule has 14 atom stereocenters. The Balaban J connectivity index is 1.21. The number of fused-ring (bicyclic) bond motifs is 7. The van der Waals surface area contributed by atoms with Gasteiger partial charge in [-0.15, -0.1) is 0 Å². The number of cyclic esters (lactones) is 1. The van der Waals surface area contributed by atoms with Crippen molar-refractivity contribution in [3.8, 4) is 0 Å². The minimum atomic E-state index is -1.76. The van der Waals surface area contributed by atoms with Crippen molar-refractivity contribution < 1.29 is 48.6 Å². The lowest BCUT2D eigenvalue weighted by molar-refractivity contribution is -0.459. The van der Waals surface area contributed by atoms with Crippen LogP contribution < -0.4 is 0 Å². The van der Waals surface area contributed by atoms with Gasteiger partial charge in [-0.25, -0.2) is 4.79 Å². The van der Waals surface area contributed by atoms with E-state index in [1.165, 1.54) is 13.2 Å². The number of hydrogen-bond acceptors (Lipinski definition) is 10. The summed E-state index contributed by atoms with van der Waals surface area (Å²) in [6.45, 7) is 5.97. The highest BCUT2D eigenvalue weighted by Crippen LogP contribution is 2.69. The lowest BCUT2D eigenvalue weighted by Crippen LogP contribution is -2.73. The van der Waals surface area contributed by atoms with Crippen LogP contribution >= 0.6 is 0 Å². The molecule has 0 radical (unpaired) electrons. The molecule has 0 amide bonds. The molecule has 0 unspecified atom stereocenters. The van der Waals surface area contributed by atoms with Crippen molar-refractivity contribution in [1.82, 2.24) is 0 Å². The van der Waals surface area contributed by atoms with Gasteiger partial charge in [0.05, 0.1) is 23.9 Å². The number of aliphatic hydroxyl groups excluding tert-OH is 1. The lowest BCUT2D eigenvalue weighted by atomic mass is 9.42. The topological polar surface area (TPSA) is 141 Å². The molecular formula is C30H42O10. The first-order chi connectivity index (χ1) is 18.9. The zero-order valence-electron chi connectivity index (χ0n) is 23.7. The summed E-state index contributed by atoms with van der Waals surface area (Å²) in [4.78, 5) is 26.1. The molecule has 6 fully saturated rings. The Labute approximate surface area is 234 Å². The van der Waals surface area contributed by atoms with Gasteiger partial charge in [0.1, 0.15) is 18.8 Å². The first-order valence-electron chi connectivity index (χ1n) is 14.9. The van der Waals surface area contributed by atoms with Crippen LogP contribution in [0.15, 0.2) is 11.6 Å². The Hall–Kier alpha value is -1.40. The number of aliphatic hydroxyl groups is 3. The highest BCUT2D eigenvalue weighted by molar-refractivity contribution is 5.90. The van der Waals surface area contributed by atoms with E-state index >= 15 is 0 Å². The average molecular weight is 563 g/mol. The molecule has 3 aliphatic heterocycles. The molecular weight excluding hydrogens is 520 g/mol. The van der Waals surface area contributed by atoms with Crippen LogP contribution in [0.3, 0.4) is 0 Å². The Morgan fingerprint density at radius 1 is 1.05 bits per heavy atom. The molecule has 3 N–H and O–H groups in total. The predicted octanol–water partition coefficient (Wildman–Crippen LogP) is 1.63. The van der Waals surface area contributed by atoms with E-state index in [0.717, 1.165) is 12.0 Å². The highest BCUT2D eigenvalue weighted by atomic mass is 16.8. The second kappa shape index (κ2) is 8.81. The molecule has 7 aliphatic rings. The van der Waals surface area contributed by atoms with E-state index < -0.39 is 58.7 Å². The van der Waals surface area contributed by atoms with Crippen LogP contribution in [0.5, 0.6) is 0 Å². The largest absolute Gasteiger partial charge is 0.458 e. The van der Waals surface area contributed by atoms with Crippen LogP contribution in [-0.2, 0) is 33.3 Å². The minimum Gasteiger partial charge on any atom is -0.458 e. The Kier molecular flexibility index (Phi) is 6.04. The van der Waals surface area contributed by atoms with Gasteiger partial charge in [0.15, 0.2) is 5.78 Å². The normalized spacial score (nSPS) is 57.2. The average Bonchev–Trinajstić information content (AvgIpc) is 3.45. The van der Waals surface area contributed by atoms with Crippen molar-refractivity contribution >= 4 is 11.8 Å². The van der Waals surface area contributed by atoms with Crippen LogP contribution in [-0.4, -0.2) is 89.0 Å². The van der Waals surface area contributed by atoms with Gasteiger partial charge in [0.2, 0.25) is 12.1 Å². The van der Waals surface area contributed by atoms with E-state index in [1.54, 1.807) is 0 Å². The summed E-state index contributed by atoms with van der Waals surface area (Å²) in [7, 11) is 1.54. The first kappa shape index (κ1) is 27.4. The van der Waals surface area contributed by atoms with Crippen LogP contribution in [0.4, 0.5) is 0 Å². The van der Waals surface area contributed by atoms with Crippen molar-refractivity contribution in [1.29, 1.82) is 0 Å².